The maximum Gasteiger partial charge on any atom is 0.356 e. The van der Waals surface area contributed by atoms with Crippen molar-refractivity contribution in [3.8, 4) is 0 Å². The topological polar surface area (TPSA) is 55.3 Å². The minimum Gasteiger partial charge on any atom is -0.464 e. The van der Waals surface area contributed by atoms with Crippen LogP contribution in [-0.2, 0) is 4.74 Å². The second-order valence-corrected chi connectivity index (χ2v) is 5.13. The molecule has 18 heavy (non-hydrogen) atoms. The normalized spacial score (nSPS) is 19.7. The fourth-order valence-electron chi connectivity index (χ4n) is 2.08. The van der Waals surface area contributed by atoms with Crippen molar-refractivity contribution in [2.24, 2.45) is 0 Å². The molecule has 2 heterocycles. The van der Waals surface area contributed by atoms with Gasteiger partial charge < -0.3 is 9.64 Å². The lowest BCUT2D eigenvalue weighted by Crippen LogP contribution is -2.38. The molecule has 1 aromatic heterocycles. The first-order chi connectivity index (χ1) is 8.76. The maximum atomic E-state index is 11.5. The van der Waals surface area contributed by atoms with Gasteiger partial charge in [-0.05, 0) is 31.6 Å². The van der Waals surface area contributed by atoms with Gasteiger partial charge in [0.05, 0.1) is 12.5 Å². The first kappa shape index (κ1) is 13.1. The van der Waals surface area contributed by atoms with Gasteiger partial charge in [-0.3, -0.25) is 0 Å². The van der Waals surface area contributed by atoms with Crippen molar-refractivity contribution in [1.82, 2.24) is 9.97 Å². The minimum absolute atomic E-state index is 0.313. The molecule has 1 aliphatic rings. The third-order valence-electron chi connectivity index (χ3n) is 3.01. The van der Waals surface area contributed by atoms with Gasteiger partial charge in [-0.1, -0.05) is 0 Å². The largest absolute Gasteiger partial charge is 0.464 e. The van der Waals surface area contributed by atoms with Crippen LogP contribution in [0.1, 0.15) is 29.8 Å². The summed E-state index contributed by atoms with van der Waals surface area (Å²) >= 11 is 1.80. The van der Waals surface area contributed by atoms with E-state index in [2.05, 4.69) is 25.9 Å². The Balaban J connectivity index is 2.23. The Bertz CT molecular complexity index is 428. The Morgan fingerprint density at radius 2 is 2.39 bits per heavy atom. The van der Waals surface area contributed by atoms with Crippen LogP contribution in [0, 0.1) is 0 Å². The van der Waals surface area contributed by atoms with E-state index in [1.165, 1.54) is 13.5 Å². The van der Waals surface area contributed by atoms with Crippen LogP contribution >= 0.6 is 11.8 Å². The molecule has 1 saturated heterocycles. The average molecular weight is 267 g/mol. The summed E-state index contributed by atoms with van der Waals surface area (Å²) in [5, 5.41) is 0.395. The van der Waals surface area contributed by atoms with E-state index < -0.39 is 5.97 Å². The molecule has 1 fully saturated rings. The lowest BCUT2D eigenvalue weighted by atomic mass is 10.1. The number of aromatic nitrogens is 2. The summed E-state index contributed by atoms with van der Waals surface area (Å²) < 4.78 is 4.68. The van der Waals surface area contributed by atoms with Crippen LogP contribution in [0.5, 0.6) is 0 Å². The average Bonchev–Trinajstić information content (AvgIpc) is 2.46. The number of hydrogen-bond donors (Lipinski definition) is 0. The van der Waals surface area contributed by atoms with Crippen molar-refractivity contribution >= 4 is 23.7 Å². The van der Waals surface area contributed by atoms with E-state index >= 15 is 0 Å². The third-order valence-corrected chi connectivity index (χ3v) is 4.05. The molecule has 0 saturated carbocycles. The minimum atomic E-state index is -0.420. The summed E-state index contributed by atoms with van der Waals surface area (Å²) in [7, 11) is 1.36. The molecule has 98 valence electrons. The monoisotopic (exact) mass is 267 g/mol. The second-order valence-electron chi connectivity index (χ2n) is 4.11. The zero-order valence-corrected chi connectivity index (χ0v) is 11.4. The van der Waals surface area contributed by atoms with Gasteiger partial charge in [0.1, 0.15) is 0 Å². The van der Waals surface area contributed by atoms with Gasteiger partial charge >= 0.3 is 5.97 Å². The highest BCUT2D eigenvalue weighted by atomic mass is 32.2. The molecule has 1 aliphatic heterocycles. The zero-order chi connectivity index (χ0) is 13.0. The molecule has 0 aliphatic carbocycles. The van der Waals surface area contributed by atoms with Crippen molar-refractivity contribution in [1.29, 1.82) is 0 Å². The van der Waals surface area contributed by atoms with Crippen LogP contribution in [0.25, 0.3) is 0 Å². The fourth-order valence-corrected chi connectivity index (χ4v) is 2.94. The standard InChI is InChI=1S/C12H17N3O2S/c1-17-11(16)9-6-7-13-12(14-9)15-8-4-3-5-10(15)18-2/h6-7,10H,3-5,8H2,1-2H3. The van der Waals surface area contributed by atoms with Gasteiger partial charge in [0, 0.05) is 12.7 Å². The van der Waals surface area contributed by atoms with Crippen molar-refractivity contribution in [2.45, 2.75) is 24.6 Å². The summed E-state index contributed by atoms with van der Waals surface area (Å²) in [4.78, 5) is 22.2. The molecule has 0 radical (unpaired) electrons. The fraction of sp³-hybridized carbons (Fsp3) is 0.583. The Morgan fingerprint density at radius 1 is 1.56 bits per heavy atom. The Kier molecular flexibility index (Phi) is 4.41. The molecular weight excluding hydrogens is 250 g/mol. The number of hydrogen-bond acceptors (Lipinski definition) is 6. The molecule has 0 spiro atoms. The number of rotatable bonds is 3. The molecule has 1 atom stereocenters. The van der Waals surface area contributed by atoms with Gasteiger partial charge in [0.2, 0.25) is 5.95 Å². The molecule has 0 N–H and O–H groups in total. The van der Waals surface area contributed by atoms with E-state index in [0.29, 0.717) is 17.0 Å². The number of piperidine rings is 1. The smallest absolute Gasteiger partial charge is 0.356 e. The molecule has 0 bridgehead atoms. The predicted molar refractivity (Wildman–Crippen MR) is 71.9 cm³/mol. The molecule has 0 amide bonds. The van der Waals surface area contributed by atoms with Crippen LogP contribution in [0.3, 0.4) is 0 Å². The number of carbonyl (C=O) groups excluding carboxylic acids is 1. The van der Waals surface area contributed by atoms with Crippen molar-refractivity contribution < 1.29 is 9.53 Å². The first-order valence-electron chi connectivity index (χ1n) is 5.97. The molecule has 1 aromatic rings. The SMILES string of the molecule is COC(=O)c1ccnc(N2CCCCC2SC)n1. The van der Waals surface area contributed by atoms with E-state index in [4.69, 9.17) is 0 Å². The first-order valence-corrected chi connectivity index (χ1v) is 7.26. The summed E-state index contributed by atoms with van der Waals surface area (Å²) in [6, 6.07) is 1.58. The van der Waals surface area contributed by atoms with Crippen LogP contribution in [0.4, 0.5) is 5.95 Å². The maximum absolute atomic E-state index is 11.5. The van der Waals surface area contributed by atoms with Gasteiger partial charge in [0.25, 0.3) is 0 Å². The highest BCUT2D eigenvalue weighted by molar-refractivity contribution is 7.99. The summed E-state index contributed by atoms with van der Waals surface area (Å²) in [6.45, 7) is 0.941. The Hall–Kier alpha value is -1.30. The van der Waals surface area contributed by atoms with E-state index in [1.807, 2.05) is 0 Å². The summed E-state index contributed by atoms with van der Waals surface area (Å²) in [5.74, 6) is 0.202. The van der Waals surface area contributed by atoms with Crippen molar-refractivity contribution in [3.63, 3.8) is 0 Å². The quantitative estimate of drug-likeness (QED) is 0.780. The molecule has 0 aromatic carbocycles. The lowest BCUT2D eigenvalue weighted by Gasteiger charge is -2.34. The number of carbonyl (C=O) groups is 1. The number of nitrogens with zero attached hydrogens (tertiary/aromatic N) is 3. The third kappa shape index (κ3) is 2.75. The Labute approximate surface area is 111 Å². The number of methoxy groups -OCH3 is 1. The molecule has 1 unspecified atom stereocenters. The predicted octanol–water partition coefficient (Wildman–Crippen LogP) is 1.94. The highest BCUT2D eigenvalue weighted by Crippen LogP contribution is 2.27. The molecule has 2 rings (SSSR count). The molecule has 5 nitrogen and oxygen atoms in total. The Morgan fingerprint density at radius 3 is 3.11 bits per heavy atom. The molecular formula is C12H17N3O2S. The van der Waals surface area contributed by atoms with E-state index in [9.17, 15) is 4.79 Å². The van der Waals surface area contributed by atoms with Gasteiger partial charge in [-0.2, -0.15) is 0 Å². The summed E-state index contributed by atoms with van der Waals surface area (Å²) in [6.07, 6.45) is 7.21. The van der Waals surface area contributed by atoms with Gasteiger partial charge in [-0.15, -0.1) is 11.8 Å². The van der Waals surface area contributed by atoms with Crippen molar-refractivity contribution in [2.75, 3.05) is 24.8 Å². The number of thioether (sulfide) groups is 1. The van der Waals surface area contributed by atoms with Crippen LogP contribution in [0.2, 0.25) is 0 Å². The molecule has 6 heteroatoms. The van der Waals surface area contributed by atoms with E-state index in [1.54, 1.807) is 24.0 Å². The summed E-state index contributed by atoms with van der Waals surface area (Å²) in [5.41, 5.74) is 0.313. The number of esters is 1. The highest BCUT2D eigenvalue weighted by Gasteiger charge is 2.24. The van der Waals surface area contributed by atoms with E-state index in [-0.39, 0.29) is 0 Å². The van der Waals surface area contributed by atoms with Crippen LogP contribution in [0.15, 0.2) is 12.3 Å². The van der Waals surface area contributed by atoms with Crippen molar-refractivity contribution in [3.05, 3.63) is 18.0 Å². The number of ether oxygens (including phenoxy) is 1. The van der Waals surface area contributed by atoms with Crippen LogP contribution in [-0.4, -0.2) is 41.2 Å². The lowest BCUT2D eigenvalue weighted by molar-refractivity contribution is 0.0594. The second kappa shape index (κ2) is 6.04. The van der Waals surface area contributed by atoms with E-state index in [0.717, 1.165) is 19.4 Å². The van der Waals surface area contributed by atoms with Gasteiger partial charge in [0.15, 0.2) is 5.69 Å². The van der Waals surface area contributed by atoms with Gasteiger partial charge in [-0.25, -0.2) is 14.8 Å². The van der Waals surface area contributed by atoms with Crippen LogP contribution < -0.4 is 4.90 Å². The number of anilines is 1. The zero-order valence-electron chi connectivity index (χ0n) is 10.6.